The lowest BCUT2D eigenvalue weighted by Gasteiger charge is -2.18. The normalized spacial score (nSPS) is 12.9. The summed E-state index contributed by atoms with van der Waals surface area (Å²) in [7, 11) is 0. The quantitative estimate of drug-likeness (QED) is 0.841. The molecule has 0 aromatic heterocycles. The van der Waals surface area contributed by atoms with Crippen molar-refractivity contribution in [3.05, 3.63) is 23.8 Å². The SMILES string of the molecule is O=C(NCCc1ccc2c(c1)OCCO2)OCCCl. The molecule has 1 amide bonds. The van der Waals surface area contributed by atoms with Crippen LogP contribution in [0.4, 0.5) is 4.79 Å². The Hall–Kier alpha value is -1.62. The molecule has 1 heterocycles. The Bertz CT molecular complexity index is 439. The molecular weight excluding hydrogens is 270 g/mol. The number of amides is 1. The van der Waals surface area contributed by atoms with Crippen molar-refractivity contribution in [2.75, 3.05) is 32.2 Å². The molecule has 0 saturated carbocycles. The van der Waals surface area contributed by atoms with Gasteiger partial charge in [-0.1, -0.05) is 6.07 Å². The van der Waals surface area contributed by atoms with Crippen molar-refractivity contribution in [3.8, 4) is 11.5 Å². The first-order valence-corrected chi connectivity index (χ1v) is 6.68. The number of benzene rings is 1. The predicted molar refractivity (Wildman–Crippen MR) is 71.2 cm³/mol. The maximum atomic E-state index is 11.2. The Morgan fingerprint density at radius 2 is 2.11 bits per heavy atom. The van der Waals surface area contributed by atoms with Crippen LogP contribution in [0.15, 0.2) is 18.2 Å². The number of hydrogen-bond acceptors (Lipinski definition) is 4. The number of carbonyl (C=O) groups is 1. The van der Waals surface area contributed by atoms with Crippen molar-refractivity contribution in [3.63, 3.8) is 0 Å². The highest BCUT2D eigenvalue weighted by molar-refractivity contribution is 6.18. The van der Waals surface area contributed by atoms with E-state index in [-0.39, 0.29) is 6.61 Å². The third kappa shape index (κ3) is 4.21. The first kappa shape index (κ1) is 13.8. The molecule has 0 aliphatic carbocycles. The van der Waals surface area contributed by atoms with Crippen LogP contribution in [0.1, 0.15) is 5.56 Å². The minimum atomic E-state index is -0.446. The number of nitrogens with one attached hydrogen (secondary N) is 1. The lowest BCUT2D eigenvalue weighted by Crippen LogP contribution is -2.27. The average Bonchev–Trinajstić information content (AvgIpc) is 2.45. The van der Waals surface area contributed by atoms with E-state index in [1.807, 2.05) is 18.2 Å². The van der Waals surface area contributed by atoms with E-state index in [0.29, 0.717) is 32.1 Å². The third-order valence-electron chi connectivity index (χ3n) is 2.60. The van der Waals surface area contributed by atoms with E-state index < -0.39 is 6.09 Å². The van der Waals surface area contributed by atoms with Gasteiger partial charge >= 0.3 is 6.09 Å². The van der Waals surface area contributed by atoms with Gasteiger partial charge in [0.2, 0.25) is 0 Å². The van der Waals surface area contributed by atoms with Crippen LogP contribution >= 0.6 is 11.6 Å². The summed E-state index contributed by atoms with van der Waals surface area (Å²) in [6.07, 6.45) is 0.255. The molecule has 1 aromatic rings. The molecule has 0 radical (unpaired) electrons. The van der Waals surface area contributed by atoms with Gasteiger partial charge in [0.1, 0.15) is 19.8 Å². The van der Waals surface area contributed by atoms with Crippen LogP contribution < -0.4 is 14.8 Å². The zero-order chi connectivity index (χ0) is 13.5. The molecule has 0 fully saturated rings. The number of ether oxygens (including phenoxy) is 3. The highest BCUT2D eigenvalue weighted by Crippen LogP contribution is 2.30. The summed E-state index contributed by atoms with van der Waals surface area (Å²) in [5, 5.41) is 2.65. The number of alkyl halides is 1. The zero-order valence-electron chi connectivity index (χ0n) is 10.5. The first-order valence-electron chi connectivity index (χ1n) is 6.14. The van der Waals surface area contributed by atoms with Crippen LogP contribution in [0, 0.1) is 0 Å². The molecule has 5 nitrogen and oxygen atoms in total. The van der Waals surface area contributed by atoms with E-state index in [2.05, 4.69) is 5.32 Å². The fourth-order valence-corrected chi connectivity index (χ4v) is 1.81. The van der Waals surface area contributed by atoms with Gasteiger partial charge in [0.15, 0.2) is 11.5 Å². The average molecular weight is 286 g/mol. The second kappa shape index (κ2) is 7.09. The van der Waals surface area contributed by atoms with Gasteiger partial charge in [-0.3, -0.25) is 0 Å². The minimum Gasteiger partial charge on any atom is -0.486 e. The molecule has 2 rings (SSSR count). The number of fused-ring (bicyclic) bond motifs is 1. The highest BCUT2D eigenvalue weighted by atomic mass is 35.5. The van der Waals surface area contributed by atoms with Gasteiger partial charge in [-0.2, -0.15) is 0 Å². The van der Waals surface area contributed by atoms with E-state index >= 15 is 0 Å². The Morgan fingerprint density at radius 1 is 1.32 bits per heavy atom. The standard InChI is InChI=1S/C13H16ClNO4/c14-4-6-19-13(16)15-5-3-10-1-2-11-12(9-10)18-8-7-17-11/h1-2,9H,3-8H2,(H,15,16). The number of alkyl carbamates (subject to hydrolysis) is 1. The predicted octanol–water partition coefficient (Wildman–Crippen LogP) is 1.97. The molecule has 0 spiro atoms. The van der Waals surface area contributed by atoms with E-state index in [9.17, 15) is 4.79 Å². The number of carbonyl (C=O) groups excluding carboxylic acids is 1. The van der Waals surface area contributed by atoms with Crippen molar-refractivity contribution in [1.82, 2.24) is 5.32 Å². The topological polar surface area (TPSA) is 56.8 Å². The van der Waals surface area contributed by atoms with Gasteiger partial charge < -0.3 is 19.5 Å². The van der Waals surface area contributed by atoms with Crippen molar-refractivity contribution in [2.45, 2.75) is 6.42 Å². The molecule has 0 bridgehead atoms. The van der Waals surface area contributed by atoms with E-state index in [1.165, 1.54) is 0 Å². The zero-order valence-corrected chi connectivity index (χ0v) is 11.2. The van der Waals surface area contributed by atoms with Crippen molar-refractivity contribution < 1.29 is 19.0 Å². The number of rotatable bonds is 5. The van der Waals surface area contributed by atoms with Gasteiger partial charge in [0, 0.05) is 6.54 Å². The van der Waals surface area contributed by atoms with Crippen LogP contribution in [-0.4, -0.2) is 38.3 Å². The molecule has 6 heteroatoms. The Balaban J connectivity index is 1.78. The Morgan fingerprint density at radius 3 is 2.89 bits per heavy atom. The van der Waals surface area contributed by atoms with Gasteiger partial charge in [-0.15, -0.1) is 11.6 Å². The molecule has 104 valence electrons. The molecule has 0 saturated heterocycles. The summed E-state index contributed by atoms with van der Waals surface area (Å²) in [4.78, 5) is 11.2. The Kier molecular flexibility index (Phi) is 5.15. The van der Waals surface area contributed by atoms with Gasteiger partial charge in [-0.05, 0) is 24.1 Å². The molecular formula is C13H16ClNO4. The van der Waals surface area contributed by atoms with E-state index in [0.717, 1.165) is 17.1 Å². The second-order valence-corrected chi connectivity index (χ2v) is 4.36. The van der Waals surface area contributed by atoms with Crippen molar-refractivity contribution in [2.24, 2.45) is 0 Å². The van der Waals surface area contributed by atoms with Crippen LogP contribution in [-0.2, 0) is 11.2 Å². The molecule has 1 aliphatic heterocycles. The summed E-state index contributed by atoms with van der Waals surface area (Å²) in [6.45, 7) is 1.87. The molecule has 1 aliphatic rings. The lowest BCUT2D eigenvalue weighted by molar-refractivity contribution is 0.153. The molecule has 1 aromatic carbocycles. The summed E-state index contributed by atoms with van der Waals surface area (Å²) in [5.74, 6) is 1.83. The maximum absolute atomic E-state index is 11.2. The fraction of sp³-hybridized carbons (Fsp3) is 0.462. The molecule has 0 atom stereocenters. The van der Waals surface area contributed by atoms with Crippen LogP contribution in [0.5, 0.6) is 11.5 Å². The number of halogens is 1. The molecule has 19 heavy (non-hydrogen) atoms. The van der Waals surface area contributed by atoms with Crippen molar-refractivity contribution >= 4 is 17.7 Å². The first-order chi connectivity index (χ1) is 9.29. The van der Waals surface area contributed by atoms with Crippen LogP contribution in [0.2, 0.25) is 0 Å². The maximum Gasteiger partial charge on any atom is 0.407 e. The second-order valence-electron chi connectivity index (χ2n) is 3.98. The largest absolute Gasteiger partial charge is 0.486 e. The lowest BCUT2D eigenvalue weighted by atomic mass is 10.1. The van der Waals surface area contributed by atoms with Gasteiger partial charge in [-0.25, -0.2) is 4.79 Å². The minimum absolute atomic E-state index is 0.220. The Labute approximate surface area is 116 Å². The van der Waals surface area contributed by atoms with Crippen LogP contribution in [0.3, 0.4) is 0 Å². The third-order valence-corrected chi connectivity index (χ3v) is 2.75. The molecule has 1 N–H and O–H groups in total. The summed E-state index contributed by atoms with van der Waals surface area (Å²) >= 11 is 5.41. The summed E-state index contributed by atoms with van der Waals surface area (Å²) in [5.41, 5.74) is 1.07. The highest BCUT2D eigenvalue weighted by Gasteiger charge is 2.11. The van der Waals surface area contributed by atoms with Crippen LogP contribution in [0.25, 0.3) is 0 Å². The van der Waals surface area contributed by atoms with E-state index in [1.54, 1.807) is 0 Å². The van der Waals surface area contributed by atoms with Gasteiger partial charge in [0.05, 0.1) is 5.88 Å². The fourth-order valence-electron chi connectivity index (χ4n) is 1.73. The number of hydrogen-bond donors (Lipinski definition) is 1. The summed E-state index contributed by atoms with van der Waals surface area (Å²) in [6, 6.07) is 5.77. The van der Waals surface area contributed by atoms with Crippen molar-refractivity contribution in [1.29, 1.82) is 0 Å². The smallest absolute Gasteiger partial charge is 0.407 e. The van der Waals surface area contributed by atoms with E-state index in [4.69, 9.17) is 25.8 Å². The monoisotopic (exact) mass is 285 g/mol. The summed E-state index contributed by atoms with van der Waals surface area (Å²) < 4.78 is 15.7. The molecule has 0 unspecified atom stereocenters. The van der Waals surface area contributed by atoms with Gasteiger partial charge in [0.25, 0.3) is 0 Å².